The molecule has 1 fully saturated rings. The van der Waals surface area contributed by atoms with Gasteiger partial charge < -0.3 is 10.2 Å². The number of hydrogen-bond acceptors (Lipinski definition) is 2. The first kappa shape index (κ1) is 17.2. The highest BCUT2D eigenvalue weighted by molar-refractivity contribution is 6.03. The SMILES string of the molecule is CCc1ccc(N2C[C@@H](C(=O)Nc3ccc(C)cc3C)CC2=O)cc1. The highest BCUT2D eigenvalue weighted by atomic mass is 16.2. The summed E-state index contributed by atoms with van der Waals surface area (Å²) in [6.07, 6.45) is 1.22. The van der Waals surface area contributed by atoms with E-state index in [1.54, 1.807) is 4.90 Å². The summed E-state index contributed by atoms with van der Waals surface area (Å²) in [5.74, 6) is -0.405. The van der Waals surface area contributed by atoms with E-state index in [0.29, 0.717) is 6.54 Å². The van der Waals surface area contributed by atoms with Crippen LogP contribution in [-0.2, 0) is 16.0 Å². The number of aryl methyl sites for hydroxylation is 3. The predicted molar refractivity (Wildman–Crippen MR) is 101 cm³/mol. The fourth-order valence-corrected chi connectivity index (χ4v) is 3.23. The van der Waals surface area contributed by atoms with Crippen molar-refractivity contribution >= 4 is 23.2 Å². The van der Waals surface area contributed by atoms with E-state index in [1.165, 1.54) is 5.56 Å². The van der Waals surface area contributed by atoms with Crippen LogP contribution in [0.2, 0.25) is 0 Å². The summed E-state index contributed by atoms with van der Waals surface area (Å²) in [7, 11) is 0. The standard InChI is InChI=1S/C21H24N2O2/c1-4-16-6-8-18(9-7-16)23-13-17(12-20(23)24)21(25)22-19-10-5-14(2)11-15(19)3/h5-11,17H,4,12-13H2,1-3H3,(H,22,25)/t17-/m0/s1. The molecule has 1 N–H and O–H groups in total. The lowest BCUT2D eigenvalue weighted by molar-refractivity contribution is -0.122. The molecular weight excluding hydrogens is 312 g/mol. The Balaban J connectivity index is 1.69. The Bertz CT molecular complexity index is 796. The van der Waals surface area contributed by atoms with Crippen LogP contribution in [0, 0.1) is 19.8 Å². The minimum atomic E-state index is -0.320. The lowest BCUT2D eigenvalue weighted by Crippen LogP contribution is -2.28. The Hall–Kier alpha value is -2.62. The molecule has 4 nitrogen and oxygen atoms in total. The predicted octanol–water partition coefficient (Wildman–Crippen LogP) is 3.86. The zero-order valence-corrected chi connectivity index (χ0v) is 15.0. The monoisotopic (exact) mass is 336 g/mol. The van der Waals surface area contributed by atoms with E-state index < -0.39 is 0 Å². The van der Waals surface area contributed by atoms with Gasteiger partial charge in [-0.2, -0.15) is 0 Å². The molecule has 0 aliphatic carbocycles. The van der Waals surface area contributed by atoms with Crippen molar-refractivity contribution in [3.8, 4) is 0 Å². The van der Waals surface area contributed by atoms with Crippen LogP contribution in [0.4, 0.5) is 11.4 Å². The van der Waals surface area contributed by atoms with Gasteiger partial charge in [-0.05, 0) is 49.6 Å². The Kier molecular flexibility index (Phi) is 4.88. The molecule has 0 radical (unpaired) electrons. The molecule has 0 spiro atoms. The topological polar surface area (TPSA) is 49.4 Å². The number of carbonyl (C=O) groups excluding carboxylic acids is 2. The van der Waals surface area contributed by atoms with E-state index in [0.717, 1.165) is 28.9 Å². The quantitative estimate of drug-likeness (QED) is 0.922. The third kappa shape index (κ3) is 3.73. The molecule has 0 unspecified atom stereocenters. The number of rotatable bonds is 4. The smallest absolute Gasteiger partial charge is 0.229 e. The van der Waals surface area contributed by atoms with E-state index in [1.807, 2.05) is 56.3 Å². The molecular formula is C21H24N2O2. The van der Waals surface area contributed by atoms with Crippen molar-refractivity contribution in [2.24, 2.45) is 5.92 Å². The highest BCUT2D eigenvalue weighted by Gasteiger charge is 2.35. The number of anilines is 2. The summed E-state index contributed by atoms with van der Waals surface area (Å²) in [6, 6.07) is 13.9. The molecule has 2 aromatic carbocycles. The highest BCUT2D eigenvalue weighted by Crippen LogP contribution is 2.27. The largest absolute Gasteiger partial charge is 0.326 e. The molecule has 130 valence electrons. The first-order valence-electron chi connectivity index (χ1n) is 8.75. The van der Waals surface area contributed by atoms with E-state index in [4.69, 9.17) is 0 Å². The van der Waals surface area contributed by atoms with Crippen LogP contribution >= 0.6 is 0 Å². The molecule has 3 rings (SSSR count). The van der Waals surface area contributed by atoms with Crippen LogP contribution in [0.1, 0.15) is 30.0 Å². The molecule has 1 aliphatic heterocycles. The van der Waals surface area contributed by atoms with Gasteiger partial charge in [0, 0.05) is 24.3 Å². The fraction of sp³-hybridized carbons (Fsp3) is 0.333. The van der Waals surface area contributed by atoms with Crippen LogP contribution in [-0.4, -0.2) is 18.4 Å². The van der Waals surface area contributed by atoms with Gasteiger partial charge in [-0.1, -0.05) is 36.8 Å². The summed E-state index contributed by atoms with van der Waals surface area (Å²) >= 11 is 0. The lowest BCUT2D eigenvalue weighted by atomic mass is 10.1. The minimum Gasteiger partial charge on any atom is -0.326 e. The number of nitrogens with one attached hydrogen (secondary N) is 1. The first-order chi connectivity index (χ1) is 12.0. The third-order valence-corrected chi connectivity index (χ3v) is 4.79. The van der Waals surface area contributed by atoms with Crippen molar-refractivity contribution in [2.75, 3.05) is 16.8 Å². The number of hydrogen-bond donors (Lipinski definition) is 1. The Morgan fingerprint density at radius 3 is 2.52 bits per heavy atom. The fourth-order valence-electron chi connectivity index (χ4n) is 3.23. The molecule has 1 aliphatic rings. The second-order valence-corrected chi connectivity index (χ2v) is 6.73. The van der Waals surface area contributed by atoms with Crippen molar-refractivity contribution in [1.29, 1.82) is 0 Å². The van der Waals surface area contributed by atoms with Crippen LogP contribution < -0.4 is 10.2 Å². The maximum absolute atomic E-state index is 12.6. The average Bonchev–Trinajstić information content (AvgIpc) is 2.99. The van der Waals surface area contributed by atoms with Crippen LogP contribution in [0.5, 0.6) is 0 Å². The van der Waals surface area contributed by atoms with Gasteiger partial charge in [0.15, 0.2) is 0 Å². The Morgan fingerprint density at radius 2 is 1.88 bits per heavy atom. The van der Waals surface area contributed by atoms with Crippen molar-refractivity contribution in [1.82, 2.24) is 0 Å². The van der Waals surface area contributed by atoms with Crippen molar-refractivity contribution in [2.45, 2.75) is 33.6 Å². The van der Waals surface area contributed by atoms with Gasteiger partial charge in [-0.25, -0.2) is 0 Å². The molecule has 2 amide bonds. The average molecular weight is 336 g/mol. The molecule has 0 bridgehead atoms. The van der Waals surface area contributed by atoms with Crippen LogP contribution in [0.15, 0.2) is 42.5 Å². The van der Waals surface area contributed by atoms with Gasteiger partial charge in [-0.3, -0.25) is 9.59 Å². The molecule has 0 saturated carbocycles. The molecule has 25 heavy (non-hydrogen) atoms. The maximum Gasteiger partial charge on any atom is 0.229 e. The van der Waals surface area contributed by atoms with Gasteiger partial charge in [-0.15, -0.1) is 0 Å². The summed E-state index contributed by atoms with van der Waals surface area (Å²) in [6.45, 7) is 6.53. The Labute approximate surface area is 148 Å². The molecule has 2 aromatic rings. The van der Waals surface area contributed by atoms with Gasteiger partial charge >= 0.3 is 0 Å². The molecule has 1 heterocycles. The van der Waals surface area contributed by atoms with E-state index in [2.05, 4.69) is 12.2 Å². The van der Waals surface area contributed by atoms with E-state index >= 15 is 0 Å². The van der Waals surface area contributed by atoms with Gasteiger partial charge in [0.25, 0.3) is 0 Å². The zero-order chi connectivity index (χ0) is 18.0. The molecule has 1 atom stereocenters. The summed E-state index contributed by atoms with van der Waals surface area (Å²) in [4.78, 5) is 26.7. The van der Waals surface area contributed by atoms with Crippen LogP contribution in [0.3, 0.4) is 0 Å². The molecule has 1 saturated heterocycles. The number of nitrogens with zero attached hydrogens (tertiary/aromatic N) is 1. The van der Waals surface area contributed by atoms with Gasteiger partial charge in [0.1, 0.15) is 0 Å². The number of benzene rings is 2. The van der Waals surface area contributed by atoms with E-state index in [-0.39, 0.29) is 24.2 Å². The molecule has 0 aromatic heterocycles. The van der Waals surface area contributed by atoms with Gasteiger partial charge in [0.2, 0.25) is 11.8 Å². The lowest BCUT2D eigenvalue weighted by Gasteiger charge is -2.17. The maximum atomic E-state index is 12.6. The summed E-state index contributed by atoms with van der Waals surface area (Å²) in [5, 5.41) is 2.97. The normalized spacial score (nSPS) is 17.0. The summed E-state index contributed by atoms with van der Waals surface area (Å²) in [5.41, 5.74) is 5.11. The van der Waals surface area contributed by atoms with Crippen molar-refractivity contribution < 1.29 is 9.59 Å². The second kappa shape index (κ2) is 7.09. The van der Waals surface area contributed by atoms with Crippen molar-refractivity contribution in [3.63, 3.8) is 0 Å². The zero-order valence-electron chi connectivity index (χ0n) is 15.0. The minimum absolute atomic E-state index is 0.00465. The second-order valence-electron chi connectivity index (χ2n) is 6.73. The number of carbonyl (C=O) groups is 2. The van der Waals surface area contributed by atoms with Gasteiger partial charge in [0.05, 0.1) is 5.92 Å². The number of amides is 2. The summed E-state index contributed by atoms with van der Waals surface area (Å²) < 4.78 is 0. The van der Waals surface area contributed by atoms with Crippen LogP contribution in [0.25, 0.3) is 0 Å². The first-order valence-corrected chi connectivity index (χ1v) is 8.75. The van der Waals surface area contributed by atoms with Crippen molar-refractivity contribution in [3.05, 3.63) is 59.2 Å². The molecule has 4 heteroatoms. The van der Waals surface area contributed by atoms with E-state index in [9.17, 15) is 9.59 Å². The Morgan fingerprint density at radius 1 is 1.16 bits per heavy atom. The third-order valence-electron chi connectivity index (χ3n) is 4.79.